The number of benzene rings is 1. The van der Waals surface area contributed by atoms with Gasteiger partial charge >= 0.3 is 10.3 Å². The van der Waals surface area contributed by atoms with Gasteiger partial charge in [-0.25, -0.2) is 4.39 Å². The average Bonchev–Trinajstić information content (AvgIpc) is 2.88. The fourth-order valence-corrected chi connectivity index (χ4v) is 6.24. The van der Waals surface area contributed by atoms with Gasteiger partial charge < -0.3 is 8.92 Å². The molecular formula is C19H26FNO4S. The van der Waals surface area contributed by atoms with Gasteiger partial charge in [-0.3, -0.25) is 0 Å². The van der Waals surface area contributed by atoms with Gasteiger partial charge in [-0.15, -0.1) is 0 Å². The van der Waals surface area contributed by atoms with Gasteiger partial charge in [-0.05, 0) is 79.5 Å². The third kappa shape index (κ3) is 2.80. The Hall–Kier alpha value is -1.34. The average molecular weight is 383 g/mol. The van der Waals surface area contributed by atoms with Crippen molar-refractivity contribution in [1.29, 1.82) is 0 Å². The van der Waals surface area contributed by atoms with Gasteiger partial charge in [0.1, 0.15) is 6.17 Å². The Morgan fingerprint density at radius 3 is 2.65 bits per heavy atom. The van der Waals surface area contributed by atoms with Crippen molar-refractivity contribution >= 4 is 10.3 Å². The third-order valence-electron chi connectivity index (χ3n) is 7.10. The molecule has 5 atom stereocenters. The van der Waals surface area contributed by atoms with E-state index in [1.165, 1.54) is 12.7 Å². The number of aryl methyl sites for hydroxylation is 1. The Labute approximate surface area is 154 Å². The number of hydrogen-bond donors (Lipinski definition) is 1. The first-order valence-electron chi connectivity index (χ1n) is 9.30. The highest BCUT2D eigenvalue weighted by atomic mass is 32.2. The monoisotopic (exact) mass is 383 g/mol. The molecule has 0 aromatic heterocycles. The molecule has 3 aliphatic carbocycles. The molecule has 144 valence electrons. The molecular weight excluding hydrogens is 357 g/mol. The minimum Gasteiger partial charge on any atom is -0.493 e. The minimum absolute atomic E-state index is 0.137. The van der Waals surface area contributed by atoms with Gasteiger partial charge in [0.25, 0.3) is 0 Å². The molecule has 0 saturated heterocycles. The van der Waals surface area contributed by atoms with E-state index >= 15 is 0 Å². The number of hydrogen-bond acceptors (Lipinski definition) is 4. The fraction of sp³-hybridized carbons (Fsp3) is 0.684. The van der Waals surface area contributed by atoms with Gasteiger partial charge in [0, 0.05) is 5.41 Å². The van der Waals surface area contributed by atoms with Crippen LogP contribution >= 0.6 is 0 Å². The number of rotatable bonds is 3. The Balaban J connectivity index is 1.70. The molecule has 2 saturated carbocycles. The molecule has 0 radical (unpaired) electrons. The molecule has 4 rings (SSSR count). The van der Waals surface area contributed by atoms with Gasteiger partial charge in [0.15, 0.2) is 11.5 Å². The second-order valence-corrected chi connectivity index (χ2v) is 9.44. The number of ether oxygens (including phenoxy) is 1. The molecule has 2 fully saturated rings. The molecule has 2 N–H and O–H groups in total. The maximum Gasteiger partial charge on any atom is 0.380 e. The first-order valence-corrected chi connectivity index (χ1v) is 10.8. The zero-order chi connectivity index (χ0) is 18.7. The van der Waals surface area contributed by atoms with E-state index in [9.17, 15) is 12.8 Å². The van der Waals surface area contributed by atoms with Crippen LogP contribution in [0.2, 0.25) is 0 Å². The maximum absolute atomic E-state index is 14.5. The van der Waals surface area contributed by atoms with E-state index in [1.54, 1.807) is 6.07 Å². The normalized spacial score (nSPS) is 36.0. The highest BCUT2D eigenvalue weighted by Crippen LogP contribution is 2.62. The summed E-state index contributed by atoms with van der Waals surface area (Å²) in [7, 11) is -2.62. The van der Waals surface area contributed by atoms with E-state index < -0.39 is 16.5 Å². The molecule has 0 heterocycles. The van der Waals surface area contributed by atoms with Crippen LogP contribution < -0.4 is 14.1 Å². The lowest BCUT2D eigenvalue weighted by molar-refractivity contribution is 0.0143. The van der Waals surface area contributed by atoms with Crippen molar-refractivity contribution < 1.29 is 21.7 Å². The molecule has 1 aromatic rings. The Morgan fingerprint density at radius 1 is 1.19 bits per heavy atom. The highest BCUT2D eigenvalue weighted by Gasteiger charge is 2.55. The van der Waals surface area contributed by atoms with Crippen LogP contribution in [-0.4, -0.2) is 21.7 Å². The van der Waals surface area contributed by atoms with Crippen molar-refractivity contribution in [1.82, 2.24) is 0 Å². The van der Waals surface area contributed by atoms with Gasteiger partial charge in [-0.1, -0.05) is 6.92 Å². The molecule has 0 amide bonds. The summed E-state index contributed by atoms with van der Waals surface area (Å²) in [5.74, 6) is 1.80. The van der Waals surface area contributed by atoms with Crippen LogP contribution in [0, 0.1) is 17.3 Å². The van der Waals surface area contributed by atoms with E-state index in [1.807, 2.05) is 6.07 Å². The van der Waals surface area contributed by atoms with Crippen LogP contribution in [0.1, 0.15) is 56.1 Å². The van der Waals surface area contributed by atoms with Crippen LogP contribution in [0.25, 0.3) is 0 Å². The Bertz CT molecular complexity index is 827. The molecule has 1 aromatic carbocycles. The van der Waals surface area contributed by atoms with Gasteiger partial charge in [0.2, 0.25) is 0 Å². The summed E-state index contributed by atoms with van der Waals surface area (Å²) in [4.78, 5) is 0. The van der Waals surface area contributed by atoms with Crippen LogP contribution in [0.5, 0.6) is 11.5 Å². The van der Waals surface area contributed by atoms with Crippen molar-refractivity contribution in [3.8, 4) is 11.5 Å². The van der Waals surface area contributed by atoms with Crippen molar-refractivity contribution in [2.45, 2.75) is 57.5 Å². The Kier molecular flexibility index (Phi) is 4.23. The number of alkyl halides is 1. The second kappa shape index (κ2) is 6.09. The van der Waals surface area contributed by atoms with Gasteiger partial charge in [-0.2, -0.15) is 13.6 Å². The van der Waals surface area contributed by atoms with Gasteiger partial charge in [0.05, 0.1) is 7.11 Å². The second-order valence-electron chi connectivity index (χ2n) is 8.28. The summed E-state index contributed by atoms with van der Waals surface area (Å²) in [6.45, 7) is 2.13. The van der Waals surface area contributed by atoms with Crippen molar-refractivity contribution in [2.75, 3.05) is 7.11 Å². The Morgan fingerprint density at radius 2 is 1.96 bits per heavy atom. The summed E-state index contributed by atoms with van der Waals surface area (Å²) in [5.41, 5.74) is 2.10. The molecule has 7 heteroatoms. The van der Waals surface area contributed by atoms with Crippen LogP contribution in [-0.2, 0) is 16.7 Å². The zero-order valence-electron chi connectivity index (χ0n) is 15.2. The molecule has 26 heavy (non-hydrogen) atoms. The fourth-order valence-electron chi connectivity index (χ4n) is 5.86. The number of halogens is 1. The minimum atomic E-state index is -4.11. The standard InChI is InChI=1S/C19H26FNO4S/c1-19-8-7-12-13(15(19)5-6-18(19)20)4-3-11-9-17(25-26(21,22)23)16(24-2)10-14(11)12/h9-10,12-13,15,18H,3-8H2,1-2H3,(H2,21,22,23)/t12?,13?,15?,18-,19-/m0/s1. The smallest absolute Gasteiger partial charge is 0.380 e. The van der Waals surface area contributed by atoms with E-state index in [0.29, 0.717) is 29.9 Å². The SMILES string of the molecule is COc1cc2c(cc1OS(N)(=O)=O)CCC1C2CC[C@@]2(C)C1CC[C@@H]2F. The molecule has 3 unspecified atom stereocenters. The molecule has 3 aliphatic rings. The van der Waals surface area contributed by atoms with E-state index in [-0.39, 0.29) is 11.2 Å². The number of methoxy groups -OCH3 is 1. The molecule has 0 aliphatic heterocycles. The molecule has 5 nitrogen and oxygen atoms in total. The van der Waals surface area contributed by atoms with Crippen molar-refractivity contribution in [2.24, 2.45) is 22.4 Å². The quantitative estimate of drug-likeness (QED) is 0.867. The first kappa shape index (κ1) is 18.0. The molecule has 0 spiro atoms. The van der Waals surface area contributed by atoms with Crippen LogP contribution in [0.3, 0.4) is 0 Å². The summed E-state index contributed by atoms with van der Waals surface area (Å²) in [6.07, 6.45) is 4.67. The van der Waals surface area contributed by atoms with Crippen LogP contribution in [0.4, 0.5) is 4.39 Å². The summed E-state index contributed by atoms with van der Waals surface area (Å²) in [5, 5.41) is 5.02. The maximum atomic E-state index is 14.5. The number of nitrogens with two attached hydrogens (primary N) is 1. The number of fused-ring (bicyclic) bond motifs is 5. The predicted molar refractivity (Wildman–Crippen MR) is 96.2 cm³/mol. The highest BCUT2D eigenvalue weighted by molar-refractivity contribution is 7.84. The lowest BCUT2D eigenvalue weighted by Crippen LogP contribution is -2.42. The first-order chi connectivity index (χ1) is 12.2. The largest absolute Gasteiger partial charge is 0.493 e. The summed E-state index contributed by atoms with van der Waals surface area (Å²) >= 11 is 0. The van der Waals surface area contributed by atoms with Crippen LogP contribution in [0.15, 0.2) is 12.1 Å². The predicted octanol–water partition coefficient (Wildman–Crippen LogP) is 3.47. The molecule has 0 bridgehead atoms. The van der Waals surface area contributed by atoms with Crippen molar-refractivity contribution in [3.05, 3.63) is 23.3 Å². The zero-order valence-corrected chi connectivity index (χ0v) is 16.0. The van der Waals surface area contributed by atoms with E-state index in [0.717, 1.165) is 37.7 Å². The third-order valence-corrected chi connectivity index (χ3v) is 7.51. The lowest BCUT2D eigenvalue weighted by atomic mass is 9.55. The van der Waals surface area contributed by atoms with E-state index in [4.69, 9.17) is 14.1 Å². The summed E-state index contributed by atoms with van der Waals surface area (Å²) < 4.78 is 47.4. The van der Waals surface area contributed by atoms with Crippen molar-refractivity contribution in [3.63, 3.8) is 0 Å². The van der Waals surface area contributed by atoms with E-state index in [2.05, 4.69) is 6.92 Å². The lowest BCUT2D eigenvalue weighted by Gasteiger charge is -2.49. The topological polar surface area (TPSA) is 78.6 Å². The summed E-state index contributed by atoms with van der Waals surface area (Å²) in [6, 6.07) is 3.65.